The second kappa shape index (κ2) is 4.54. The second-order valence-electron chi connectivity index (χ2n) is 2.44. The fourth-order valence-corrected chi connectivity index (χ4v) is 1.02. The van der Waals surface area contributed by atoms with Crippen molar-refractivity contribution >= 4 is 0 Å². The van der Waals surface area contributed by atoms with E-state index in [4.69, 9.17) is 15.7 Å². The zero-order valence-electron chi connectivity index (χ0n) is 7.40. The Kier molecular flexibility index (Phi) is 3.37. The zero-order chi connectivity index (χ0) is 9.68. The molecule has 0 aliphatic rings. The summed E-state index contributed by atoms with van der Waals surface area (Å²) in [6.07, 6.45) is 0. The van der Waals surface area contributed by atoms with Gasteiger partial charge in [-0.3, -0.25) is 0 Å². The Bertz CT molecular complexity index is 313. The number of nitrogens with zero attached hydrogens (tertiary/aromatic N) is 4. The summed E-state index contributed by atoms with van der Waals surface area (Å²) in [7, 11) is 1.57. The van der Waals surface area contributed by atoms with Crippen molar-refractivity contribution in [1.29, 1.82) is 5.26 Å². The summed E-state index contributed by atoms with van der Waals surface area (Å²) in [4.78, 5) is 0. The van der Waals surface area contributed by atoms with Crippen LogP contribution in [-0.4, -0.2) is 22.1 Å². The standard InChI is InChI=1S/C7H11N5O/c1-13-5-7-6(4-9)10-11-12(7)3-2-8/h3-5,9H2,1H3. The number of aromatic nitrogens is 3. The lowest BCUT2D eigenvalue weighted by Crippen LogP contribution is -2.08. The van der Waals surface area contributed by atoms with Gasteiger partial charge in [0.2, 0.25) is 0 Å². The van der Waals surface area contributed by atoms with E-state index in [0.717, 1.165) is 5.69 Å². The van der Waals surface area contributed by atoms with E-state index in [1.807, 2.05) is 6.07 Å². The molecule has 0 saturated carbocycles. The molecule has 0 bridgehead atoms. The number of hydrogen-bond acceptors (Lipinski definition) is 5. The van der Waals surface area contributed by atoms with Gasteiger partial charge in [-0.15, -0.1) is 5.10 Å². The largest absolute Gasteiger partial charge is 0.378 e. The van der Waals surface area contributed by atoms with Crippen LogP contribution in [0.15, 0.2) is 0 Å². The van der Waals surface area contributed by atoms with E-state index in [9.17, 15) is 0 Å². The Labute approximate surface area is 75.9 Å². The van der Waals surface area contributed by atoms with Gasteiger partial charge >= 0.3 is 0 Å². The number of hydrogen-bond donors (Lipinski definition) is 1. The van der Waals surface area contributed by atoms with Gasteiger partial charge in [-0.05, 0) is 0 Å². The molecule has 0 unspecified atom stereocenters. The first kappa shape index (κ1) is 9.64. The summed E-state index contributed by atoms with van der Waals surface area (Å²) in [5.74, 6) is 0. The van der Waals surface area contributed by atoms with Crippen LogP contribution in [0, 0.1) is 11.3 Å². The van der Waals surface area contributed by atoms with Gasteiger partial charge in [-0.2, -0.15) is 5.26 Å². The van der Waals surface area contributed by atoms with E-state index in [-0.39, 0.29) is 6.54 Å². The topological polar surface area (TPSA) is 89.8 Å². The van der Waals surface area contributed by atoms with Crippen molar-refractivity contribution in [2.75, 3.05) is 7.11 Å². The van der Waals surface area contributed by atoms with Crippen LogP contribution in [0.1, 0.15) is 11.4 Å². The van der Waals surface area contributed by atoms with Crippen LogP contribution >= 0.6 is 0 Å². The minimum Gasteiger partial charge on any atom is -0.378 e. The smallest absolute Gasteiger partial charge is 0.130 e. The zero-order valence-corrected chi connectivity index (χ0v) is 7.40. The quantitative estimate of drug-likeness (QED) is 0.670. The van der Waals surface area contributed by atoms with E-state index in [1.54, 1.807) is 7.11 Å². The molecular formula is C7H11N5O. The highest BCUT2D eigenvalue weighted by Crippen LogP contribution is 2.05. The molecule has 0 amide bonds. The molecule has 70 valence electrons. The van der Waals surface area contributed by atoms with Gasteiger partial charge in [0.05, 0.1) is 18.4 Å². The van der Waals surface area contributed by atoms with Crippen molar-refractivity contribution in [3.8, 4) is 6.07 Å². The monoisotopic (exact) mass is 181 g/mol. The lowest BCUT2D eigenvalue weighted by atomic mass is 10.3. The highest BCUT2D eigenvalue weighted by atomic mass is 16.5. The molecule has 13 heavy (non-hydrogen) atoms. The average molecular weight is 181 g/mol. The van der Waals surface area contributed by atoms with Crippen molar-refractivity contribution in [2.45, 2.75) is 19.7 Å². The molecule has 0 aliphatic carbocycles. The molecule has 6 nitrogen and oxygen atoms in total. The SMILES string of the molecule is COCc1c(CN)nnn1CC#N. The molecule has 1 heterocycles. The number of nitriles is 1. The van der Waals surface area contributed by atoms with Crippen LogP contribution in [0.4, 0.5) is 0 Å². The summed E-state index contributed by atoms with van der Waals surface area (Å²) in [5, 5.41) is 16.1. The lowest BCUT2D eigenvalue weighted by molar-refractivity contribution is 0.176. The normalized spacial score (nSPS) is 9.92. The maximum absolute atomic E-state index is 8.48. The Morgan fingerprint density at radius 2 is 2.46 bits per heavy atom. The van der Waals surface area contributed by atoms with Crippen LogP contribution in [0.3, 0.4) is 0 Å². The molecular weight excluding hydrogens is 170 g/mol. The van der Waals surface area contributed by atoms with Crippen LogP contribution in [-0.2, 0) is 24.4 Å². The van der Waals surface area contributed by atoms with E-state index >= 15 is 0 Å². The number of ether oxygens (including phenoxy) is 1. The molecule has 1 aromatic heterocycles. The predicted molar refractivity (Wildman–Crippen MR) is 44.2 cm³/mol. The molecule has 0 spiro atoms. The van der Waals surface area contributed by atoms with Crippen molar-refractivity contribution < 1.29 is 4.74 Å². The summed E-state index contributed by atoms with van der Waals surface area (Å²) in [6.45, 7) is 0.858. The maximum atomic E-state index is 8.48. The molecule has 2 N–H and O–H groups in total. The second-order valence-corrected chi connectivity index (χ2v) is 2.44. The van der Waals surface area contributed by atoms with Gasteiger partial charge in [0, 0.05) is 13.7 Å². The third-order valence-electron chi connectivity index (χ3n) is 1.61. The molecule has 0 radical (unpaired) electrons. The molecule has 6 heteroatoms. The van der Waals surface area contributed by atoms with Crippen LogP contribution in [0.25, 0.3) is 0 Å². The third kappa shape index (κ3) is 2.02. The Hall–Kier alpha value is -1.45. The van der Waals surface area contributed by atoms with E-state index in [1.165, 1.54) is 4.68 Å². The molecule has 0 aliphatic heterocycles. The number of rotatable bonds is 4. The Morgan fingerprint density at radius 3 is 3.00 bits per heavy atom. The molecule has 0 aromatic carbocycles. The van der Waals surface area contributed by atoms with E-state index < -0.39 is 0 Å². The first-order chi connectivity index (χ1) is 6.33. The van der Waals surface area contributed by atoms with E-state index in [2.05, 4.69) is 10.3 Å². The molecule has 0 atom stereocenters. The first-order valence-electron chi connectivity index (χ1n) is 3.80. The molecule has 1 aromatic rings. The van der Waals surface area contributed by atoms with Crippen LogP contribution in [0.5, 0.6) is 0 Å². The van der Waals surface area contributed by atoms with Gasteiger partial charge < -0.3 is 10.5 Å². The fourth-order valence-electron chi connectivity index (χ4n) is 1.02. The minimum atomic E-state index is 0.172. The van der Waals surface area contributed by atoms with Gasteiger partial charge in [0.15, 0.2) is 0 Å². The van der Waals surface area contributed by atoms with Crippen LogP contribution < -0.4 is 5.73 Å². The maximum Gasteiger partial charge on any atom is 0.130 e. The summed E-state index contributed by atoms with van der Waals surface area (Å²) >= 11 is 0. The predicted octanol–water partition coefficient (Wildman–Crippen LogP) is -0.593. The highest BCUT2D eigenvalue weighted by Gasteiger charge is 2.10. The van der Waals surface area contributed by atoms with Gasteiger partial charge in [0.25, 0.3) is 0 Å². The van der Waals surface area contributed by atoms with Crippen molar-refractivity contribution in [1.82, 2.24) is 15.0 Å². The Balaban J connectivity index is 2.93. The average Bonchev–Trinajstić information content (AvgIpc) is 2.50. The molecule has 0 saturated heterocycles. The van der Waals surface area contributed by atoms with Gasteiger partial charge in [0.1, 0.15) is 12.2 Å². The van der Waals surface area contributed by atoms with Crippen molar-refractivity contribution in [3.63, 3.8) is 0 Å². The number of methoxy groups -OCH3 is 1. The van der Waals surface area contributed by atoms with Crippen molar-refractivity contribution in [3.05, 3.63) is 11.4 Å². The Morgan fingerprint density at radius 1 is 1.69 bits per heavy atom. The lowest BCUT2D eigenvalue weighted by Gasteiger charge is -2.01. The molecule has 0 fully saturated rings. The molecule has 1 rings (SSSR count). The highest BCUT2D eigenvalue weighted by molar-refractivity contribution is 5.09. The summed E-state index contributed by atoms with van der Waals surface area (Å²) < 4.78 is 6.44. The van der Waals surface area contributed by atoms with Crippen molar-refractivity contribution in [2.24, 2.45) is 5.73 Å². The minimum absolute atomic E-state index is 0.172. The van der Waals surface area contributed by atoms with Gasteiger partial charge in [-0.1, -0.05) is 5.21 Å². The van der Waals surface area contributed by atoms with E-state index in [0.29, 0.717) is 18.8 Å². The van der Waals surface area contributed by atoms with Crippen LogP contribution in [0.2, 0.25) is 0 Å². The summed E-state index contributed by atoms with van der Waals surface area (Å²) in [5.41, 5.74) is 6.88. The van der Waals surface area contributed by atoms with Gasteiger partial charge in [-0.25, -0.2) is 4.68 Å². The summed E-state index contributed by atoms with van der Waals surface area (Å²) in [6, 6.07) is 1.98. The first-order valence-corrected chi connectivity index (χ1v) is 3.80. The number of nitrogens with two attached hydrogens (primary N) is 1. The third-order valence-corrected chi connectivity index (χ3v) is 1.61. The fraction of sp³-hybridized carbons (Fsp3) is 0.571.